The molecule has 2 aromatic carbocycles. The van der Waals surface area contributed by atoms with Crippen molar-refractivity contribution in [2.75, 3.05) is 0 Å². The van der Waals surface area contributed by atoms with Gasteiger partial charge in [0.05, 0.1) is 16.1 Å². The fourth-order valence-corrected chi connectivity index (χ4v) is 1.82. The summed E-state index contributed by atoms with van der Waals surface area (Å²) in [6.07, 6.45) is 0. The largest absolute Gasteiger partial charge is 0.478 e. The molecule has 3 nitrogen and oxygen atoms in total. The Labute approximate surface area is 113 Å². The van der Waals surface area contributed by atoms with Crippen LogP contribution < -0.4 is 0 Å². The molecular formula is C14H7ClFNO2. The maximum Gasteiger partial charge on any atom is 0.338 e. The van der Waals surface area contributed by atoms with Gasteiger partial charge in [-0.3, -0.25) is 0 Å². The maximum absolute atomic E-state index is 13.6. The molecule has 0 heterocycles. The lowest BCUT2D eigenvalue weighted by Crippen LogP contribution is -2.00. The Morgan fingerprint density at radius 3 is 2.42 bits per heavy atom. The van der Waals surface area contributed by atoms with Crippen molar-refractivity contribution in [2.45, 2.75) is 0 Å². The summed E-state index contributed by atoms with van der Waals surface area (Å²) in [5.41, 5.74) is 0.965. The van der Waals surface area contributed by atoms with Crippen molar-refractivity contribution in [3.8, 4) is 17.2 Å². The Balaban J connectivity index is 2.51. The minimum atomic E-state index is -1.32. The zero-order valence-electron chi connectivity index (χ0n) is 9.52. The Kier molecular flexibility index (Phi) is 3.50. The number of nitrogens with zero attached hydrogens (tertiary/aromatic N) is 1. The highest BCUT2D eigenvalue weighted by molar-refractivity contribution is 6.31. The van der Waals surface area contributed by atoms with Crippen LogP contribution >= 0.6 is 11.6 Å². The molecule has 94 valence electrons. The van der Waals surface area contributed by atoms with E-state index < -0.39 is 17.3 Å². The van der Waals surface area contributed by atoms with Crippen LogP contribution in [-0.4, -0.2) is 11.1 Å². The number of carbonyl (C=O) groups is 1. The molecule has 19 heavy (non-hydrogen) atoms. The summed E-state index contributed by atoms with van der Waals surface area (Å²) in [5, 5.41) is 17.9. The molecule has 0 aliphatic rings. The van der Waals surface area contributed by atoms with Gasteiger partial charge in [0.25, 0.3) is 0 Å². The molecular weight excluding hydrogens is 269 g/mol. The van der Waals surface area contributed by atoms with Crippen LogP contribution in [0.25, 0.3) is 11.1 Å². The van der Waals surface area contributed by atoms with Crippen molar-refractivity contribution in [2.24, 2.45) is 0 Å². The molecule has 0 bridgehead atoms. The van der Waals surface area contributed by atoms with Gasteiger partial charge in [-0.15, -0.1) is 0 Å². The van der Waals surface area contributed by atoms with Crippen molar-refractivity contribution in [3.63, 3.8) is 0 Å². The SMILES string of the molecule is N#Cc1cc(-c2ccc(C(=O)O)c(F)c2)ccc1Cl. The van der Waals surface area contributed by atoms with E-state index in [1.165, 1.54) is 18.2 Å². The van der Waals surface area contributed by atoms with Crippen LogP contribution in [0.5, 0.6) is 0 Å². The molecule has 0 aromatic heterocycles. The topological polar surface area (TPSA) is 61.1 Å². The van der Waals surface area contributed by atoms with E-state index in [1.54, 1.807) is 12.1 Å². The smallest absolute Gasteiger partial charge is 0.338 e. The highest BCUT2D eigenvalue weighted by Crippen LogP contribution is 2.26. The molecule has 0 radical (unpaired) electrons. The average molecular weight is 276 g/mol. The van der Waals surface area contributed by atoms with Gasteiger partial charge in [0.15, 0.2) is 0 Å². The minimum absolute atomic E-state index is 0.280. The van der Waals surface area contributed by atoms with Crippen molar-refractivity contribution in [1.82, 2.24) is 0 Å². The third-order valence-electron chi connectivity index (χ3n) is 2.62. The predicted molar refractivity (Wildman–Crippen MR) is 68.5 cm³/mol. The number of carboxylic acid groups (broad SMARTS) is 1. The molecule has 0 amide bonds. The third kappa shape index (κ3) is 2.56. The van der Waals surface area contributed by atoms with Gasteiger partial charge in [0.1, 0.15) is 11.9 Å². The van der Waals surface area contributed by atoms with Gasteiger partial charge >= 0.3 is 5.97 Å². The lowest BCUT2D eigenvalue weighted by Gasteiger charge is -2.05. The zero-order valence-corrected chi connectivity index (χ0v) is 10.3. The molecule has 0 spiro atoms. The number of rotatable bonds is 2. The van der Waals surface area contributed by atoms with Crippen LogP contribution in [-0.2, 0) is 0 Å². The van der Waals surface area contributed by atoms with Crippen LogP contribution in [0.3, 0.4) is 0 Å². The van der Waals surface area contributed by atoms with Gasteiger partial charge in [-0.1, -0.05) is 23.7 Å². The second-order valence-electron chi connectivity index (χ2n) is 3.81. The fraction of sp³-hybridized carbons (Fsp3) is 0. The summed E-state index contributed by atoms with van der Waals surface area (Å²) in [6.45, 7) is 0. The summed E-state index contributed by atoms with van der Waals surface area (Å²) < 4.78 is 13.6. The van der Waals surface area contributed by atoms with Gasteiger partial charge in [-0.2, -0.15) is 5.26 Å². The van der Waals surface area contributed by atoms with Crippen LogP contribution in [0.2, 0.25) is 5.02 Å². The summed E-state index contributed by atoms with van der Waals surface area (Å²) in [5.74, 6) is -2.14. The molecule has 0 unspecified atom stereocenters. The van der Waals surface area contributed by atoms with Crippen molar-refractivity contribution in [1.29, 1.82) is 5.26 Å². The molecule has 0 saturated carbocycles. The molecule has 0 aliphatic heterocycles. The van der Waals surface area contributed by atoms with Crippen molar-refractivity contribution < 1.29 is 14.3 Å². The van der Waals surface area contributed by atoms with Gasteiger partial charge < -0.3 is 5.11 Å². The second kappa shape index (κ2) is 5.09. The molecule has 0 atom stereocenters. The van der Waals surface area contributed by atoms with Gasteiger partial charge in [0.2, 0.25) is 0 Å². The molecule has 2 rings (SSSR count). The number of benzene rings is 2. The van der Waals surface area contributed by atoms with E-state index in [-0.39, 0.29) is 5.56 Å². The lowest BCUT2D eigenvalue weighted by molar-refractivity contribution is 0.0692. The van der Waals surface area contributed by atoms with E-state index in [0.717, 1.165) is 6.07 Å². The third-order valence-corrected chi connectivity index (χ3v) is 2.95. The highest BCUT2D eigenvalue weighted by Gasteiger charge is 2.11. The van der Waals surface area contributed by atoms with Gasteiger partial charge in [-0.05, 0) is 35.4 Å². The quantitative estimate of drug-likeness (QED) is 0.909. The van der Waals surface area contributed by atoms with E-state index in [9.17, 15) is 9.18 Å². The first-order valence-corrected chi connectivity index (χ1v) is 5.63. The standard InChI is InChI=1S/C14H7ClFNO2/c15-12-4-2-8(5-10(12)7-17)9-1-3-11(14(18)19)13(16)6-9/h1-6H,(H,18,19). The minimum Gasteiger partial charge on any atom is -0.478 e. The predicted octanol–water partition coefficient (Wildman–Crippen LogP) is 3.72. The first-order valence-electron chi connectivity index (χ1n) is 5.26. The van der Waals surface area contributed by atoms with E-state index in [4.69, 9.17) is 22.0 Å². The number of nitriles is 1. The number of hydrogen-bond donors (Lipinski definition) is 1. The van der Waals surface area contributed by atoms with Crippen molar-refractivity contribution in [3.05, 3.63) is 58.4 Å². The molecule has 5 heteroatoms. The highest BCUT2D eigenvalue weighted by atomic mass is 35.5. The summed E-state index contributed by atoms with van der Waals surface area (Å²) >= 11 is 5.81. The van der Waals surface area contributed by atoms with E-state index in [0.29, 0.717) is 16.1 Å². The summed E-state index contributed by atoms with van der Waals surface area (Å²) in [7, 11) is 0. The maximum atomic E-state index is 13.6. The second-order valence-corrected chi connectivity index (χ2v) is 4.21. The van der Waals surface area contributed by atoms with Crippen LogP contribution in [0.1, 0.15) is 15.9 Å². The van der Waals surface area contributed by atoms with E-state index >= 15 is 0 Å². The molecule has 0 aliphatic carbocycles. The van der Waals surface area contributed by atoms with Gasteiger partial charge in [0, 0.05) is 0 Å². The number of halogens is 2. The number of hydrogen-bond acceptors (Lipinski definition) is 2. The number of carboxylic acids is 1. The van der Waals surface area contributed by atoms with Crippen LogP contribution in [0.4, 0.5) is 4.39 Å². The van der Waals surface area contributed by atoms with Gasteiger partial charge in [-0.25, -0.2) is 9.18 Å². The van der Waals surface area contributed by atoms with Crippen LogP contribution in [0.15, 0.2) is 36.4 Å². The normalized spacial score (nSPS) is 9.95. The zero-order chi connectivity index (χ0) is 14.0. The summed E-state index contributed by atoms with van der Waals surface area (Å²) in [4.78, 5) is 10.7. The van der Waals surface area contributed by atoms with E-state index in [1.807, 2.05) is 6.07 Å². The first-order chi connectivity index (χ1) is 9.02. The molecule has 0 saturated heterocycles. The molecule has 0 fully saturated rings. The van der Waals surface area contributed by atoms with Crippen molar-refractivity contribution >= 4 is 17.6 Å². The Bertz CT molecular complexity index is 707. The first kappa shape index (κ1) is 13.1. The average Bonchev–Trinajstić information content (AvgIpc) is 2.38. The van der Waals surface area contributed by atoms with Crippen LogP contribution in [0, 0.1) is 17.1 Å². The lowest BCUT2D eigenvalue weighted by atomic mass is 10.0. The monoisotopic (exact) mass is 275 g/mol. The Morgan fingerprint density at radius 2 is 1.84 bits per heavy atom. The van der Waals surface area contributed by atoms with E-state index in [2.05, 4.69) is 0 Å². The molecule has 1 N–H and O–H groups in total. The Hall–Kier alpha value is -2.38. The summed E-state index contributed by atoms with van der Waals surface area (Å²) in [6, 6.07) is 10.4. The fourth-order valence-electron chi connectivity index (χ4n) is 1.66. The number of aromatic carboxylic acids is 1. The molecule has 2 aromatic rings. The Morgan fingerprint density at radius 1 is 1.21 bits per heavy atom.